The Morgan fingerprint density at radius 2 is 1.47 bits per heavy atom. The van der Waals surface area contributed by atoms with E-state index >= 15 is 0 Å². The van der Waals surface area contributed by atoms with Crippen LogP contribution in [0.4, 0.5) is 0 Å². The molecule has 1 saturated heterocycles. The van der Waals surface area contributed by atoms with Crippen LogP contribution in [0.1, 0.15) is 32.1 Å². The third kappa shape index (κ3) is 3.73. The van der Waals surface area contributed by atoms with Crippen molar-refractivity contribution in [1.82, 2.24) is 16.0 Å². The highest BCUT2D eigenvalue weighted by Crippen LogP contribution is 2.21. The van der Waals surface area contributed by atoms with Crippen molar-refractivity contribution < 1.29 is 4.74 Å². The van der Waals surface area contributed by atoms with Gasteiger partial charge in [-0.2, -0.15) is 0 Å². The fourth-order valence-electron chi connectivity index (χ4n) is 2.01. The molecule has 88 valence electrons. The lowest BCUT2D eigenvalue weighted by Crippen LogP contribution is -2.65. The van der Waals surface area contributed by atoms with Crippen molar-refractivity contribution in [3.05, 3.63) is 0 Å². The van der Waals surface area contributed by atoms with Gasteiger partial charge in [0.15, 0.2) is 6.35 Å². The van der Waals surface area contributed by atoms with Crippen LogP contribution in [0, 0.1) is 0 Å². The smallest absolute Gasteiger partial charge is 0.168 e. The molecule has 0 aromatic carbocycles. The van der Waals surface area contributed by atoms with Crippen LogP contribution >= 0.6 is 23.2 Å². The molecule has 1 saturated carbocycles. The van der Waals surface area contributed by atoms with Crippen molar-refractivity contribution in [3.63, 3.8) is 0 Å². The highest BCUT2D eigenvalue weighted by molar-refractivity contribution is 6.23. The largest absolute Gasteiger partial charge is 0.347 e. The van der Waals surface area contributed by atoms with Crippen molar-refractivity contribution in [2.75, 3.05) is 0 Å². The summed E-state index contributed by atoms with van der Waals surface area (Å²) < 4.78 is 5.84. The van der Waals surface area contributed by atoms with Gasteiger partial charge in [0, 0.05) is 0 Å². The molecule has 4 nitrogen and oxygen atoms in total. The molecule has 3 N–H and O–H groups in total. The van der Waals surface area contributed by atoms with E-state index in [0.29, 0.717) is 6.10 Å². The van der Waals surface area contributed by atoms with Gasteiger partial charge in [-0.15, -0.1) is 0 Å². The number of hydrogen-bond acceptors (Lipinski definition) is 4. The number of rotatable bonds is 2. The third-order valence-corrected chi connectivity index (χ3v) is 3.27. The Morgan fingerprint density at radius 1 is 0.867 bits per heavy atom. The first-order valence-electron chi connectivity index (χ1n) is 5.46. The lowest BCUT2D eigenvalue weighted by atomic mass is 9.98. The molecule has 2 atom stereocenters. The quantitative estimate of drug-likeness (QED) is 0.515. The molecule has 1 aliphatic carbocycles. The molecule has 2 fully saturated rings. The lowest BCUT2D eigenvalue weighted by molar-refractivity contribution is -0.0783. The molecule has 2 rings (SSSR count). The SMILES string of the molecule is ClC1NC(Cl)NC(OC2CCCCC2)N1. The Hall–Kier alpha value is 0.420. The van der Waals surface area contributed by atoms with Crippen LogP contribution in [0.25, 0.3) is 0 Å². The van der Waals surface area contributed by atoms with Gasteiger partial charge in [-0.25, -0.2) is 0 Å². The van der Waals surface area contributed by atoms with E-state index in [4.69, 9.17) is 27.9 Å². The number of nitrogens with one attached hydrogen (secondary N) is 3. The van der Waals surface area contributed by atoms with Crippen LogP contribution in [0.2, 0.25) is 0 Å². The summed E-state index contributed by atoms with van der Waals surface area (Å²) in [6, 6.07) is 0. The van der Waals surface area contributed by atoms with Crippen LogP contribution in [0.5, 0.6) is 0 Å². The van der Waals surface area contributed by atoms with E-state index in [-0.39, 0.29) is 17.6 Å². The zero-order chi connectivity index (χ0) is 10.7. The molecular formula is C9H17Cl2N3O. The first-order chi connectivity index (χ1) is 7.24. The summed E-state index contributed by atoms with van der Waals surface area (Å²) in [5.74, 6) is 0. The number of halogens is 2. The summed E-state index contributed by atoms with van der Waals surface area (Å²) >= 11 is 11.8. The van der Waals surface area contributed by atoms with Gasteiger partial charge in [0.25, 0.3) is 0 Å². The van der Waals surface area contributed by atoms with Gasteiger partial charge >= 0.3 is 0 Å². The standard InChI is InChI=1S/C9H17Cl2N3O/c10-7-12-8(11)14-9(13-7)15-6-4-2-1-3-5-6/h6-9,12-14H,1-5H2. The second kappa shape index (κ2) is 5.66. The molecule has 0 aromatic heterocycles. The van der Waals surface area contributed by atoms with Gasteiger partial charge in [0.05, 0.1) is 6.10 Å². The number of hydrogen-bond donors (Lipinski definition) is 3. The van der Waals surface area contributed by atoms with E-state index in [1.807, 2.05) is 0 Å². The van der Waals surface area contributed by atoms with E-state index in [1.54, 1.807) is 0 Å². The first-order valence-corrected chi connectivity index (χ1v) is 6.33. The van der Waals surface area contributed by atoms with E-state index in [9.17, 15) is 0 Å². The second-order valence-corrected chi connectivity index (χ2v) is 4.87. The molecule has 6 heteroatoms. The zero-order valence-electron chi connectivity index (χ0n) is 8.51. The number of ether oxygens (including phenoxy) is 1. The van der Waals surface area contributed by atoms with Crippen molar-refractivity contribution in [2.45, 2.75) is 55.8 Å². The highest BCUT2D eigenvalue weighted by Gasteiger charge is 2.27. The molecular weight excluding hydrogens is 237 g/mol. The maximum Gasteiger partial charge on any atom is 0.168 e. The van der Waals surface area contributed by atoms with Gasteiger partial charge in [0.2, 0.25) is 0 Å². The van der Waals surface area contributed by atoms with Gasteiger partial charge in [-0.05, 0) is 12.8 Å². The molecule has 0 bridgehead atoms. The molecule has 1 heterocycles. The minimum absolute atomic E-state index is 0.251. The first kappa shape index (κ1) is 11.9. The van der Waals surface area contributed by atoms with Gasteiger partial charge in [0.1, 0.15) is 11.2 Å². The molecule has 2 aliphatic rings. The van der Waals surface area contributed by atoms with Gasteiger partial charge in [-0.1, -0.05) is 42.5 Å². The summed E-state index contributed by atoms with van der Waals surface area (Å²) in [6.45, 7) is 0. The molecule has 0 amide bonds. The van der Waals surface area contributed by atoms with Crippen LogP contribution in [0.3, 0.4) is 0 Å². The van der Waals surface area contributed by atoms with Crippen LogP contribution in [-0.2, 0) is 4.74 Å². The van der Waals surface area contributed by atoms with Crippen LogP contribution < -0.4 is 16.0 Å². The Bertz CT molecular complexity index is 192. The molecule has 15 heavy (non-hydrogen) atoms. The average molecular weight is 254 g/mol. The minimum Gasteiger partial charge on any atom is -0.347 e. The molecule has 0 aromatic rings. The lowest BCUT2D eigenvalue weighted by Gasteiger charge is -2.35. The second-order valence-electron chi connectivity index (χ2n) is 4.00. The molecule has 1 aliphatic heterocycles. The predicted molar refractivity (Wildman–Crippen MR) is 60.4 cm³/mol. The normalized spacial score (nSPS) is 39.2. The average Bonchev–Trinajstić information content (AvgIpc) is 2.17. The van der Waals surface area contributed by atoms with Crippen molar-refractivity contribution in [3.8, 4) is 0 Å². The number of alkyl halides is 2. The summed E-state index contributed by atoms with van der Waals surface area (Å²) in [4.78, 5) is 0. The van der Waals surface area contributed by atoms with E-state index in [2.05, 4.69) is 16.0 Å². The summed E-state index contributed by atoms with van der Waals surface area (Å²) in [5.41, 5.74) is -0.690. The predicted octanol–water partition coefficient (Wildman–Crippen LogP) is 1.45. The Morgan fingerprint density at radius 3 is 2.07 bits per heavy atom. The zero-order valence-corrected chi connectivity index (χ0v) is 10.0. The third-order valence-electron chi connectivity index (χ3n) is 2.77. The Kier molecular flexibility index (Phi) is 4.49. The van der Waals surface area contributed by atoms with Crippen molar-refractivity contribution in [1.29, 1.82) is 0 Å². The Labute approximate surface area is 100 Å². The van der Waals surface area contributed by atoms with Crippen molar-refractivity contribution in [2.24, 2.45) is 0 Å². The summed E-state index contributed by atoms with van der Waals surface area (Å²) in [6.07, 6.45) is 6.17. The topological polar surface area (TPSA) is 45.3 Å². The molecule has 0 radical (unpaired) electrons. The maximum atomic E-state index is 5.90. The van der Waals surface area contributed by atoms with Gasteiger partial charge < -0.3 is 4.74 Å². The summed E-state index contributed by atoms with van der Waals surface area (Å²) in [7, 11) is 0. The van der Waals surface area contributed by atoms with E-state index in [1.165, 1.54) is 19.3 Å². The minimum atomic E-state index is -0.345. The van der Waals surface area contributed by atoms with E-state index in [0.717, 1.165) is 12.8 Å². The van der Waals surface area contributed by atoms with Crippen LogP contribution in [0.15, 0.2) is 0 Å². The van der Waals surface area contributed by atoms with Crippen LogP contribution in [-0.4, -0.2) is 23.7 Å². The van der Waals surface area contributed by atoms with Gasteiger partial charge in [-0.3, -0.25) is 16.0 Å². The Balaban J connectivity index is 1.77. The fourth-order valence-corrected chi connectivity index (χ4v) is 2.56. The summed E-state index contributed by atoms with van der Waals surface area (Å²) in [5, 5.41) is 8.94. The monoisotopic (exact) mass is 253 g/mol. The van der Waals surface area contributed by atoms with Crippen molar-refractivity contribution >= 4 is 23.2 Å². The molecule has 0 spiro atoms. The fraction of sp³-hybridized carbons (Fsp3) is 1.00. The maximum absolute atomic E-state index is 5.90. The molecule has 2 unspecified atom stereocenters. The van der Waals surface area contributed by atoms with E-state index < -0.39 is 0 Å². The highest BCUT2D eigenvalue weighted by atomic mass is 35.5.